The van der Waals surface area contributed by atoms with Crippen molar-refractivity contribution in [2.75, 3.05) is 6.61 Å². The number of hydrogen-bond acceptors (Lipinski definition) is 4. The normalized spacial score (nSPS) is 26.1. The van der Waals surface area contributed by atoms with E-state index in [1.54, 1.807) is 0 Å². The van der Waals surface area contributed by atoms with E-state index in [2.05, 4.69) is 4.72 Å². The Labute approximate surface area is 125 Å². The number of nitrogens with two attached hydrogens (primary N) is 1. The van der Waals surface area contributed by atoms with Crippen LogP contribution in [0.15, 0.2) is 24.3 Å². The Morgan fingerprint density at radius 3 is 2.43 bits per heavy atom. The minimum atomic E-state index is -3.34. The van der Waals surface area contributed by atoms with Crippen LogP contribution in [0.4, 0.5) is 0 Å². The molecule has 1 saturated heterocycles. The molecule has 0 bridgehead atoms. The van der Waals surface area contributed by atoms with Crippen molar-refractivity contribution < 1.29 is 13.2 Å². The largest absolute Gasteiger partial charge is 0.376 e. The number of rotatable bonds is 6. The van der Waals surface area contributed by atoms with Crippen LogP contribution < -0.4 is 10.5 Å². The Morgan fingerprint density at radius 1 is 1.14 bits per heavy atom. The standard InChI is InChI=1S/C15H22N2O3S/c16-9-11-1-3-12(4-2-11)10-21(18,19)17-14-7-8-20-15(14)13-5-6-13/h1-4,13-15,17H,5-10,16H2. The van der Waals surface area contributed by atoms with Gasteiger partial charge in [0, 0.05) is 13.2 Å². The average molecular weight is 310 g/mol. The van der Waals surface area contributed by atoms with Crippen LogP contribution in [0.5, 0.6) is 0 Å². The summed E-state index contributed by atoms with van der Waals surface area (Å²) in [5, 5.41) is 0. The van der Waals surface area contributed by atoms with E-state index in [1.807, 2.05) is 24.3 Å². The zero-order valence-corrected chi connectivity index (χ0v) is 12.8. The Bertz CT molecular complexity index is 581. The average Bonchev–Trinajstić information content (AvgIpc) is 3.20. The lowest BCUT2D eigenvalue weighted by Gasteiger charge is -2.19. The molecule has 2 fully saturated rings. The minimum Gasteiger partial charge on any atom is -0.376 e. The van der Waals surface area contributed by atoms with Crippen LogP contribution >= 0.6 is 0 Å². The number of hydrogen-bond donors (Lipinski definition) is 2. The molecule has 116 valence electrons. The number of ether oxygens (including phenoxy) is 1. The van der Waals surface area contributed by atoms with Gasteiger partial charge in [-0.3, -0.25) is 0 Å². The summed E-state index contributed by atoms with van der Waals surface area (Å²) in [4.78, 5) is 0. The van der Waals surface area contributed by atoms with E-state index < -0.39 is 10.0 Å². The van der Waals surface area contributed by atoms with Crippen molar-refractivity contribution in [1.29, 1.82) is 0 Å². The highest BCUT2D eigenvalue weighted by atomic mass is 32.2. The van der Waals surface area contributed by atoms with Gasteiger partial charge in [-0.1, -0.05) is 24.3 Å². The first-order chi connectivity index (χ1) is 10.1. The molecule has 5 nitrogen and oxygen atoms in total. The summed E-state index contributed by atoms with van der Waals surface area (Å²) in [5.74, 6) is 0.551. The Morgan fingerprint density at radius 2 is 1.81 bits per heavy atom. The predicted octanol–water partition coefficient (Wildman–Crippen LogP) is 1.13. The topological polar surface area (TPSA) is 81.4 Å². The maximum Gasteiger partial charge on any atom is 0.216 e. The highest BCUT2D eigenvalue weighted by Gasteiger charge is 2.41. The molecule has 1 aliphatic carbocycles. The first-order valence-electron chi connectivity index (χ1n) is 7.47. The molecule has 1 saturated carbocycles. The molecule has 6 heteroatoms. The van der Waals surface area contributed by atoms with Crippen molar-refractivity contribution in [3.8, 4) is 0 Å². The molecule has 0 amide bonds. The third-order valence-corrected chi connectivity index (χ3v) is 5.54. The monoisotopic (exact) mass is 310 g/mol. The molecule has 21 heavy (non-hydrogen) atoms. The van der Waals surface area contributed by atoms with Crippen molar-refractivity contribution in [1.82, 2.24) is 4.72 Å². The maximum atomic E-state index is 12.3. The molecule has 1 aromatic carbocycles. The van der Waals surface area contributed by atoms with E-state index in [0.29, 0.717) is 19.1 Å². The number of benzene rings is 1. The van der Waals surface area contributed by atoms with Crippen molar-refractivity contribution in [3.63, 3.8) is 0 Å². The van der Waals surface area contributed by atoms with Crippen LogP contribution in [0.1, 0.15) is 30.4 Å². The molecular weight excluding hydrogens is 288 g/mol. The highest BCUT2D eigenvalue weighted by Crippen LogP contribution is 2.38. The van der Waals surface area contributed by atoms with Crippen LogP contribution in [-0.2, 0) is 27.1 Å². The second-order valence-electron chi connectivity index (χ2n) is 5.97. The summed E-state index contributed by atoms with van der Waals surface area (Å²) in [5.41, 5.74) is 7.32. The Hall–Kier alpha value is -0.950. The Balaban J connectivity index is 1.62. The van der Waals surface area contributed by atoms with Gasteiger partial charge in [0.15, 0.2) is 0 Å². The number of sulfonamides is 1. The molecule has 2 unspecified atom stereocenters. The van der Waals surface area contributed by atoms with E-state index in [4.69, 9.17) is 10.5 Å². The zero-order chi connectivity index (χ0) is 14.9. The lowest BCUT2D eigenvalue weighted by molar-refractivity contribution is 0.0848. The highest BCUT2D eigenvalue weighted by molar-refractivity contribution is 7.88. The second-order valence-corrected chi connectivity index (χ2v) is 7.72. The van der Waals surface area contributed by atoms with Gasteiger partial charge >= 0.3 is 0 Å². The van der Waals surface area contributed by atoms with Crippen LogP contribution in [0.3, 0.4) is 0 Å². The molecule has 2 aliphatic rings. The first-order valence-corrected chi connectivity index (χ1v) is 9.12. The first kappa shape index (κ1) is 15.0. The molecule has 1 aromatic rings. The van der Waals surface area contributed by atoms with Gasteiger partial charge in [-0.2, -0.15) is 0 Å². The summed E-state index contributed by atoms with van der Waals surface area (Å²) in [6.07, 6.45) is 3.15. The van der Waals surface area contributed by atoms with Crippen LogP contribution in [-0.4, -0.2) is 27.2 Å². The Kier molecular flexibility index (Phi) is 4.31. The molecule has 2 atom stereocenters. The summed E-state index contributed by atoms with van der Waals surface area (Å²) >= 11 is 0. The van der Waals surface area contributed by atoms with E-state index in [9.17, 15) is 8.42 Å². The van der Waals surface area contributed by atoms with Gasteiger partial charge in [0.2, 0.25) is 10.0 Å². The summed E-state index contributed by atoms with van der Waals surface area (Å²) in [7, 11) is -3.34. The minimum absolute atomic E-state index is 0.00569. The predicted molar refractivity (Wildman–Crippen MR) is 81.0 cm³/mol. The van der Waals surface area contributed by atoms with Gasteiger partial charge < -0.3 is 10.5 Å². The lowest BCUT2D eigenvalue weighted by Crippen LogP contribution is -2.41. The molecule has 1 aliphatic heterocycles. The number of nitrogens with one attached hydrogen (secondary N) is 1. The summed E-state index contributed by atoms with van der Waals surface area (Å²) < 4.78 is 33.1. The smallest absolute Gasteiger partial charge is 0.216 e. The summed E-state index contributed by atoms with van der Waals surface area (Å²) in [6.45, 7) is 1.12. The van der Waals surface area contributed by atoms with Gasteiger partial charge in [0.25, 0.3) is 0 Å². The van der Waals surface area contributed by atoms with Gasteiger partial charge in [-0.05, 0) is 36.3 Å². The third-order valence-electron chi connectivity index (χ3n) is 4.17. The molecule has 1 heterocycles. The van der Waals surface area contributed by atoms with Gasteiger partial charge in [0.1, 0.15) is 0 Å². The van der Waals surface area contributed by atoms with Crippen LogP contribution in [0, 0.1) is 5.92 Å². The molecule has 0 aromatic heterocycles. The molecule has 0 spiro atoms. The van der Waals surface area contributed by atoms with Gasteiger partial charge in [-0.25, -0.2) is 13.1 Å². The van der Waals surface area contributed by atoms with Gasteiger partial charge in [-0.15, -0.1) is 0 Å². The fourth-order valence-corrected chi connectivity index (χ4v) is 4.32. The molecule has 0 radical (unpaired) electrons. The molecular formula is C15H22N2O3S. The fraction of sp³-hybridized carbons (Fsp3) is 0.600. The van der Waals surface area contributed by atoms with Crippen molar-refractivity contribution in [3.05, 3.63) is 35.4 Å². The maximum absolute atomic E-state index is 12.3. The SMILES string of the molecule is NCc1ccc(CS(=O)(=O)NC2CCOC2C2CC2)cc1. The van der Waals surface area contributed by atoms with Crippen LogP contribution in [0.2, 0.25) is 0 Å². The van der Waals surface area contributed by atoms with Crippen molar-refractivity contribution >= 4 is 10.0 Å². The summed E-state index contributed by atoms with van der Waals surface area (Å²) in [6, 6.07) is 7.33. The van der Waals surface area contributed by atoms with Crippen molar-refractivity contribution in [2.24, 2.45) is 11.7 Å². The third kappa shape index (κ3) is 3.83. The van der Waals surface area contributed by atoms with E-state index in [-0.39, 0.29) is 17.9 Å². The lowest BCUT2D eigenvalue weighted by atomic mass is 10.1. The molecule has 3 N–H and O–H groups in total. The van der Waals surface area contributed by atoms with Crippen LogP contribution in [0.25, 0.3) is 0 Å². The fourth-order valence-electron chi connectivity index (χ4n) is 2.89. The van der Waals surface area contributed by atoms with E-state index in [1.165, 1.54) is 0 Å². The van der Waals surface area contributed by atoms with E-state index in [0.717, 1.165) is 30.4 Å². The van der Waals surface area contributed by atoms with E-state index >= 15 is 0 Å². The quantitative estimate of drug-likeness (QED) is 0.825. The second kappa shape index (κ2) is 6.04. The van der Waals surface area contributed by atoms with Gasteiger partial charge in [0.05, 0.1) is 17.9 Å². The molecule has 3 rings (SSSR count). The zero-order valence-electron chi connectivity index (χ0n) is 12.0. The van der Waals surface area contributed by atoms with Crippen molar-refractivity contribution in [2.45, 2.75) is 43.7 Å².